The SMILES string of the molecule is CCC(=O)N(CCc1ccc(S(N)(=O)=O)cc1)C1CC(=O)N(c2ccccc2)C1=O. The van der Waals surface area contributed by atoms with Gasteiger partial charge in [0, 0.05) is 13.0 Å². The predicted molar refractivity (Wildman–Crippen MR) is 111 cm³/mol. The molecule has 0 aromatic heterocycles. The number of nitrogens with zero attached hydrogens (tertiary/aromatic N) is 2. The first-order valence-corrected chi connectivity index (χ1v) is 11.1. The second-order valence-electron chi connectivity index (χ2n) is 7.00. The highest BCUT2D eigenvalue weighted by molar-refractivity contribution is 7.89. The summed E-state index contributed by atoms with van der Waals surface area (Å²) in [5, 5.41) is 5.10. The van der Waals surface area contributed by atoms with Gasteiger partial charge in [0.25, 0.3) is 5.91 Å². The van der Waals surface area contributed by atoms with E-state index < -0.39 is 22.0 Å². The fraction of sp³-hybridized carbons (Fsp3) is 0.286. The van der Waals surface area contributed by atoms with Gasteiger partial charge in [0.2, 0.25) is 21.8 Å². The number of primary sulfonamides is 1. The summed E-state index contributed by atoms with van der Waals surface area (Å²) >= 11 is 0. The van der Waals surface area contributed by atoms with E-state index in [4.69, 9.17) is 5.14 Å². The first-order chi connectivity index (χ1) is 14.2. The highest BCUT2D eigenvalue weighted by Crippen LogP contribution is 2.26. The second kappa shape index (κ2) is 8.76. The lowest BCUT2D eigenvalue weighted by Gasteiger charge is -2.27. The number of carbonyl (C=O) groups excluding carboxylic acids is 3. The third-order valence-corrected chi connectivity index (χ3v) is 5.96. The van der Waals surface area contributed by atoms with Gasteiger partial charge in [-0.25, -0.2) is 18.5 Å². The van der Waals surface area contributed by atoms with Crippen molar-refractivity contribution in [3.05, 3.63) is 60.2 Å². The van der Waals surface area contributed by atoms with Crippen molar-refractivity contribution in [2.24, 2.45) is 5.14 Å². The van der Waals surface area contributed by atoms with Crippen molar-refractivity contribution in [2.45, 2.75) is 37.1 Å². The highest BCUT2D eigenvalue weighted by Gasteiger charge is 2.43. The minimum Gasteiger partial charge on any atom is -0.330 e. The molecule has 8 nitrogen and oxygen atoms in total. The molecular formula is C21H23N3O5S. The Kier molecular flexibility index (Phi) is 6.33. The van der Waals surface area contributed by atoms with E-state index in [9.17, 15) is 22.8 Å². The summed E-state index contributed by atoms with van der Waals surface area (Å²) in [6.45, 7) is 1.93. The maximum atomic E-state index is 13.0. The molecule has 1 heterocycles. The molecule has 1 aliphatic rings. The Morgan fingerprint density at radius 1 is 1.10 bits per heavy atom. The minimum atomic E-state index is -3.78. The van der Waals surface area contributed by atoms with Crippen LogP contribution in [0.4, 0.5) is 5.69 Å². The molecule has 1 unspecified atom stereocenters. The standard InChI is InChI=1S/C21H23N3O5S/c1-2-19(25)23(13-12-15-8-10-17(11-9-15)30(22,28)29)18-14-20(26)24(21(18)27)16-6-4-3-5-7-16/h3-11,18H,2,12-14H2,1H3,(H2,22,28,29). The molecule has 1 fully saturated rings. The normalized spacial score (nSPS) is 16.7. The molecule has 158 valence electrons. The van der Waals surface area contributed by atoms with Gasteiger partial charge in [-0.3, -0.25) is 14.4 Å². The summed E-state index contributed by atoms with van der Waals surface area (Å²) in [4.78, 5) is 40.6. The Morgan fingerprint density at radius 2 is 1.73 bits per heavy atom. The fourth-order valence-corrected chi connectivity index (χ4v) is 3.98. The van der Waals surface area contributed by atoms with Crippen LogP contribution in [0.1, 0.15) is 25.3 Å². The van der Waals surface area contributed by atoms with Crippen LogP contribution in [0.5, 0.6) is 0 Å². The number of imide groups is 1. The molecule has 2 N–H and O–H groups in total. The first-order valence-electron chi connectivity index (χ1n) is 9.55. The van der Waals surface area contributed by atoms with E-state index in [0.717, 1.165) is 10.5 Å². The number of para-hydroxylation sites is 1. The molecule has 2 aromatic rings. The smallest absolute Gasteiger partial charge is 0.257 e. The number of anilines is 1. The van der Waals surface area contributed by atoms with Crippen molar-refractivity contribution >= 4 is 33.4 Å². The van der Waals surface area contributed by atoms with Crippen molar-refractivity contribution in [2.75, 3.05) is 11.4 Å². The Labute approximate surface area is 175 Å². The van der Waals surface area contributed by atoms with Crippen molar-refractivity contribution in [3.63, 3.8) is 0 Å². The summed E-state index contributed by atoms with van der Waals surface area (Å²) in [5.41, 5.74) is 1.27. The number of nitrogens with two attached hydrogens (primary N) is 1. The first kappa shape index (κ1) is 21.7. The highest BCUT2D eigenvalue weighted by atomic mass is 32.2. The number of rotatable bonds is 7. The molecule has 1 atom stereocenters. The number of benzene rings is 2. The van der Waals surface area contributed by atoms with Gasteiger partial charge in [0.15, 0.2) is 0 Å². The van der Waals surface area contributed by atoms with Gasteiger partial charge in [0.1, 0.15) is 6.04 Å². The lowest BCUT2D eigenvalue weighted by Crippen LogP contribution is -2.46. The largest absolute Gasteiger partial charge is 0.330 e. The van der Waals surface area contributed by atoms with Crippen molar-refractivity contribution in [1.82, 2.24) is 4.90 Å². The monoisotopic (exact) mass is 429 g/mol. The maximum Gasteiger partial charge on any atom is 0.257 e. The van der Waals surface area contributed by atoms with Gasteiger partial charge in [-0.05, 0) is 36.2 Å². The second-order valence-corrected chi connectivity index (χ2v) is 8.56. The average molecular weight is 429 g/mol. The molecule has 1 saturated heterocycles. The molecule has 3 amide bonds. The molecule has 0 bridgehead atoms. The number of sulfonamides is 1. The third-order valence-electron chi connectivity index (χ3n) is 5.03. The van der Waals surface area contributed by atoms with Crippen LogP contribution in [0.3, 0.4) is 0 Å². The van der Waals surface area contributed by atoms with E-state index in [-0.39, 0.29) is 36.1 Å². The predicted octanol–water partition coefficient (Wildman–Crippen LogP) is 1.45. The average Bonchev–Trinajstić information content (AvgIpc) is 3.02. The van der Waals surface area contributed by atoms with E-state index in [2.05, 4.69) is 0 Å². The molecule has 3 rings (SSSR count). The summed E-state index contributed by atoms with van der Waals surface area (Å²) in [6, 6.07) is 13.8. The quantitative estimate of drug-likeness (QED) is 0.669. The van der Waals surface area contributed by atoms with Crippen LogP contribution < -0.4 is 10.0 Å². The topological polar surface area (TPSA) is 118 Å². The Morgan fingerprint density at radius 3 is 2.30 bits per heavy atom. The van der Waals surface area contributed by atoms with E-state index in [1.165, 1.54) is 17.0 Å². The van der Waals surface area contributed by atoms with E-state index >= 15 is 0 Å². The molecule has 0 radical (unpaired) electrons. The minimum absolute atomic E-state index is 0.00260. The number of hydrogen-bond donors (Lipinski definition) is 1. The molecule has 2 aromatic carbocycles. The van der Waals surface area contributed by atoms with Gasteiger partial charge in [-0.2, -0.15) is 0 Å². The zero-order valence-electron chi connectivity index (χ0n) is 16.5. The van der Waals surface area contributed by atoms with Gasteiger partial charge in [0.05, 0.1) is 17.0 Å². The lowest BCUT2D eigenvalue weighted by molar-refractivity contribution is -0.138. The molecule has 1 aliphatic heterocycles. The van der Waals surface area contributed by atoms with Crippen LogP contribution in [-0.2, 0) is 30.8 Å². The number of carbonyl (C=O) groups is 3. The fourth-order valence-electron chi connectivity index (χ4n) is 3.46. The van der Waals surface area contributed by atoms with Crippen molar-refractivity contribution < 1.29 is 22.8 Å². The summed E-state index contributed by atoms with van der Waals surface area (Å²) in [5.74, 6) is -0.989. The van der Waals surface area contributed by atoms with Crippen LogP contribution in [0.25, 0.3) is 0 Å². The molecular weight excluding hydrogens is 406 g/mol. The van der Waals surface area contributed by atoms with E-state index in [1.807, 2.05) is 0 Å². The van der Waals surface area contributed by atoms with E-state index in [0.29, 0.717) is 12.1 Å². The summed E-state index contributed by atoms with van der Waals surface area (Å²) < 4.78 is 22.8. The Balaban J connectivity index is 1.77. The zero-order chi connectivity index (χ0) is 21.9. The molecule has 0 saturated carbocycles. The van der Waals surface area contributed by atoms with Crippen LogP contribution >= 0.6 is 0 Å². The van der Waals surface area contributed by atoms with Gasteiger partial charge in [-0.1, -0.05) is 37.3 Å². The van der Waals surface area contributed by atoms with Crippen molar-refractivity contribution in [1.29, 1.82) is 0 Å². The van der Waals surface area contributed by atoms with Gasteiger partial charge < -0.3 is 4.90 Å². The third kappa shape index (κ3) is 4.58. The summed E-state index contributed by atoms with van der Waals surface area (Å²) in [6.07, 6.45) is 0.539. The van der Waals surface area contributed by atoms with Crippen LogP contribution in [0.15, 0.2) is 59.5 Å². The zero-order valence-corrected chi connectivity index (χ0v) is 17.3. The number of hydrogen-bond acceptors (Lipinski definition) is 5. The molecule has 30 heavy (non-hydrogen) atoms. The molecule has 0 aliphatic carbocycles. The van der Waals surface area contributed by atoms with Gasteiger partial charge >= 0.3 is 0 Å². The summed E-state index contributed by atoms with van der Waals surface area (Å²) in [7, 11) is -3.78. The van der Waals surface area contributed by atoms with Crippen LogP contribution in [-0.4, -0.2) is 43.6 Å². The lowest BCUT2D eigenvalue weighted by atomic mass is 10.1. The molecule has 9 heteroatoms. The van der Waals surface area contributed by atoms with Crippen LogP contribution in [0, 0.1) is 0 Å². The van der Waals surface area contributed by atoms with Crippen LogP contribution in [0.2, 0.25) is 0 Å². The molecule has 0 spiro atoms. The Bertz CT molecular complexity index is 1050. The van der Waals surface area contributed by atoms with Crippen molar-refractivity contribution in [3.8, 4) is 0 Å². The van der Waals surface area contributed by atoms with Gasteiger partial charge in [-0.15, -0.1) is 0 Å². The maximum absolute atomic E-state index is 13.0. The Hall–Kier alpha value is -3.04. The van der Waals surface area contributed by atoms with E-state index in [1.54, 1.807) is 49.4 Å². The number of amides is 3.